The van der Waals surface area contributed by atoms with Crippen molar-refractivity contribution < 1.29 is 9.90 Å². The molecule has 3 N–H and O–H groups in total. The molecule has 0 fully saturated rings. The Morgan fingerprint density at radius 3 is 3.00 bits per heavy atom. The summed E-state index contributed by atoms with van der Waals surface area (Å²) in [4.78, 5) is 28.9. The van der Waals surface area contributed by atoms with E-state index in [4.69, 9.17) is 0 Å². The monoisotopic (exact) mass is 438 g/mol. The van der Waals surface area contributed by atoms with Crippen LogP contribution in [0.5, 0.6) is 0 Å². The number of likely N-dealkylation sites (N-methyl/N-ethyl adjacent to an activating group) is 1. The van der Waals surface area contributed by atoms with Crippen molar-refractivity contribution in [2.75, 3.05) is 43.5 Å². The molecule has 2 aromatic carbocycles. The van der Waals surface area contributed by atoms with Crippen molar-refractivity contribution in [3.05, 3.63) is 65.7 Å². The maximum absolute atomic E-state index is 13.0. The first-order valence-electron chi connectivity index (χ1n) is 9.88. The van der Waals surface area contributed by atoms with E-state index in [1.165, 1.54) is 0 Å². The van der Waals surface area contributed by atoms with Crippen LogP contribution in [0.4, 0.5) is 11.4 Å². The zero-order valence-corrected chi connectivity index (χ0v) is 17.8. The number of carbonyl (C=O) groups excluding carboxylic acids is 1. The van der Waals surface area contributed by atoms with Gasteiger partial charge in [-0.3, -0.25) is 9.79 Å². The number of nitrogens with one attached hydrogen (secondary N) is 2. The average molecular weight is 439 g/mol. The first-order valence-corrected chi connectivity index (χ1v) is 9.88. The third-order valence-corrected chi connectivity index (χ3v) is 5.49. The molecule has 0 bridgehead atoms. The molecule has 0 amide bonds. The van der Waals surface area contributed by atoms with E-state index >= 15 is 0 Å². The summed E-state index contributed by atoms with van der Waals surface area (Å²) in [6.07, 6.45) is 3.25. The summed E-state index contributed by atoms with van der Waals surface area (Å²) in [5, 5.41) is 12.6. The van der Waals surface area contributed by atoms with Crippen molar-refractivity contribution in [2.24, 2.45) is 4.99 Å². The number of aliphatic hydroxyl groups is 1. The zero-order chi connectivity index (χ0) is 20.7. The standard InChI is InChI=1S/C22H22N6O2.ClH/c1-27(8-9-29)15-3-4-16-18(11-15)26-21(28-7-6-23-22(16)28)12-20(30)14-2-5-17-19(10-14)25-13-24-17;/h2-5,10-13,26,29H,6-9H2,1H3,(H,24,25);1H. The van der Waals surface area contributed by atoms with E-state index < -0.39 is 0 Å². The lowest BCUT2D eigenvalue weighted by Crippen LogP contribution is -2.36. The highest BCUT2D eigenvalue weighted by Gasteiger charge is 2.30. The molecule has 0 atom stereocenters. The highest BCUT2D eigenvalue weighted by atomic mass is 35.5. The SMILES string of the molecule is CN(CCO)c1ccc2c(c1)NC(=CC(=O)c1ccc3nc[nH]c3c1)N1CCN=C21.Cl. The molecule has 1 aromatic heterocycles. The molecule has 0 unspecified atom stereocenters. The predicted molar refractivity (Wildman–Crippen MR) is 124 cm³/mol. The van der Waals surface area contributed by atoms with E-state index in [1.54, 1.807) is 18.5 Å². The summed E-state index contributed by atoms with van der Waals surface area (Å²) in [6.45, 7) is 2.05. The molecule has 31 heavy (non-hydrogen) atoms. The molecule has 5 rings (SSSR count). The fraction of sp³-hybridized carbons (Fsp3) is 0.227. The third kappa shape index (κ3) is 3.75. The maximum Gasteiger partial charge on any atom is 0.189 e. The van der Waals surface area contributed by atoms with Crippen LogP contribution in [-0.2, 0) is 0 Å². The van der Waals surface area contributed by atoms with Gasteiger partial charge >= 0.3 is 0 Å². The molecule has 2 aliphatic heterocycles. The van der Waals surface area contributed by atoms with Crippen molar-refractivity contribution in [1.82, 2.24) is 14.9 Å². The van der Waals surface area contributed by atoms with Gasteiger partial charge in [-0.15, -0.1) is 12.4 Å². The number of H-pyrrole nitrogens is 1. The Kier molecular flexibility index (Phi) is 5.67. The van der Waals surface area contributed by atoms with Gasteiger partial charge in [-0.1, -0.05) is 0 Å². The minimum atomic E-state index is -0.0859. The van der Waals surface area contributed by atoms with Gasteiger partial charge in [0, 0.05) is 43.0 Å². The van der Waals surface area contributed by atoms with Crippen LogP contribution in [0.3, 0.4) is 0 Å². The van der Waals surface area contributed by atoms with Gasteiger partial charge in [0.25, 0.3) is 0 Å². The van der Waals surface area contributed by atoms with Crippen LogP contribution in [0.2, 0.25) is 0 Å². The van der Waals surface area contributed by atoms with Crippen LogP contribution in [0, 0.1) is 0 Å². The number of ketones is 1. The summed E-state index contributed by atoms with van der Waals surface area (Å²) in [5.41, 5.74) is 5.16. The Balaban J connectivity index is 0.00000231. The average Bonchev–Trinajstić information content (AvgIpc) is 3.42. The molecule has 160 valence electrons. The van der Waals surface area contributed by atoms with Crippen molar-refractivity contribution in [3.8, 4) is 0 Å². The van der Waals surface area contributed by atoms with E-state index in [9.17, 15) is 9.90 Å². The number of aromatic nitrogens is 2. The number of hydrogen-bond donors (Lipinski definition) is 3. The van der Waals surface area contributed by atoms with Gasteiger partial charge in [0.1, 0.15) is 11.7 Å². The van der Waals surface area contributed by atoms with Crippen molar-refractivity contribution >= 4 is 46.4 Å². The smallest absolute Gasteiger partial charge is 0.189 e. The molecular formula is C22H23ClN6O2. The van der Waals surface area contributed by atoms with Crippen molar-refractivity contribution in [2.45, 2.75) is 0 Å². The highest BCUT2D eigenvalue weighted by Crippen LogP contribution is 2.33. The topological polar surface area (TPSA) is 96.8 Å². The number of rotatable bonds is 5. The zero-order valence-electron chi connectivity index (χ0n) is 17.0. The lowest BCUT2D eigenvalue weighted by atomic mass is 10.1. The van der Waals surface area contributed by atoms with E-state index in [0.29, 0.717) is 18.7 Å². The van der Waals surface area contributed by atoms with Gasteiger partial charge in [0.05, 0.1) is 36.2 Å². The Hall–Kier alpha value is -3.36. The third-order valence-electron chi connectivity index (χ3n) is 5.49. The summed E-state index contributed by atoms with van der Waals surface area (Å²) in [6, 6.07) is 11.5. The predicted octanol–water partition coefficient (Wildman–Crippen LogP) is 2.63. The maximum atomic E-state index is 13.0. The van der Waals surface area contributed by atoms with Crippen molar-refractivity contribution in [3.63, 3.8) is 0 Å². The lowest BCUT2D eigenvalue weighted by Gasteiger charge is -2.32. The molecule has 0 saturated heterocycles. The lowest BCUT2D eigenvalue weighted by molar-refractivity contribution is 0.104. The van der Waals surface area contributed by atoms with Crippen LogP contribution in [0.15, 0.2) is 59.6 Å². The molecule has 3 aromatic rings. The number of imidazole rings is 1. The molecule has 9 heteroatoms. The normalized spacial score (nSPS) is 15.7. The molecule has 8 nitrogen and oxygen atoms in total. The number of allylic oxidation sites excluding steroid dienone is 1. The molecule has 0 saturated carbocycles. The second-order valence-corrected chi connectivity index (χ2v) is 7.39. The van der Waals surface area contributed by atoms with E-state index in [-0.39, 0.29) is 24.8 Å². The highest BCUT2D eigenvalue weighted by molar-refractivity contribution is 6.11. The number of aromatic amines is 1. The van der Waals surface area contributed by atoms with Gasteiger partial charge in [0.15, 0.2) is 5.78 Å². The molecule has 0 aliphatic carbocycles. The first kappa shape index (κ1) is 20.9. The summed E-state index contributed by atoms with van der Waals surface area (Å²) < 4.78 is 0. The fourth-order valence-corrected chi connectivity index (χ4v) is 3.88. The number of aliphatic imine (C=N–C) groups is 1. The largest absolute Gasteiger partial charge is 0.395 e. The summed E-state index contributed by atoms with van der Waals surface area (Å²) in [5.74, 6) is 1.51. The van der Waals surface area contributed by atoms with Gasteiger partial charge in [-0.25, -0.2) is 4.98 Å². The van der Waals surface area contributed by atoms with Gasteiger partial charge in [-0.2, -0.15) is 0 Å². The van der Waals surface area contributed by atoms with Crippen molar-refractivity contribution in [1.29, 1.82) is 0 Å². The van der Waals surface area contributed by atoms with Crippen LogP contribution < -0.4 is 10.2 Å². The molecule has 3 heterocycles. The minimum Gasteiger partial charge on any atom is -0.395 e. The summed E-state index contributed by atoms with van der Waals surface area (Å²) in [7, 11) is 1.94. The van der Waals surface area contributed by atoms with Crippen LogP contribution in [0.25, 0.3) is 11.0 Å². The number of benzene rings is 2. The number of nitrogens with zero attached hydrogens (tertiary/aromatic N) is 4. The molecule has 0 radical (unpaired) electrons. The molecule has 0 spiro atoms. The van der Waals surface area contributed by atoms with Crippen LogP contribution in [-0.4, -0.2) is 64.9 Å². The number of halogens is 1. The number of fused-ring (bicyclic) bond motifs is 4. The second kappa shape index (κ2) is 8.41. The van der Waals surface area contributed by atoms with Gasteiger partial charge < -0.3 is 25.2 Å². The quantitative estimate of drug-likeness (QED) is 0.418. The minimum absolute atomic E-state index is 0. The molecular weight excluding hydrogens is 416 g/mol. The van der Waals surface area contributed by atoms with E-state index in [1.807, 2.05) is 47.2 Å². The van der Waals surface area contributed by atoms with Gasteiger partial charge in [-0.05, 0) is 36.4 Å². The molecule has 2 aliphatic rings. The summed E-state index contributed by atoms with van der Waals surface area (Å²) >= 11 is 0. The Bertz CT molecular complexity index is 1200. The van der Waals surface area contributed by atoms with Gasteiger partial charge in [0.2, 0.25) is 0 Å². The number of aliphatic hydroxyl groups excluding tert-OH is 1. The second-order valence-electron chi connectivity index (χ2n) is 7.39. The number of anilines is 2. The van der Waals surface area contributed by atoms with Crippen LogP contribution in [0.1, 0.15) is 15.9 Å². The fourth-order valence-electron chi connectivity index (χ4n) is 3.88. The number of amidine groups is 1. The van der Waals surface area contributed by atoms with Crippen LogP contribution >= 0.6 is 12.4 Å². The first-order chi connectivity index (χ1) is 14.6. The Labute approximate surface area is 185 Å². The number of carbonyl (C=O) groups is 1. The Morgan fingerprint density at radius 2 is 2.16 bits per heavy atom. The Morgan fingerprint density at radius 1 is 1.29 bits per heavy atom. The van der Waals surface area contributed by atoms with E-state index in [2.05, 4.69) is 20.3 Å². The van der Waals surface area contributed by atoms with E-state index in [0.717, 1.165) is 46.2 Å². The number of hydrogen-bond acceptors (Lipinski definition) is 7.